The van der Waals surface area contributed by atoms with Gasteiger partial charge in [0.05, 0.1) is 13.2 Å². The molecule has 2 heterocycles. The van der Waals surface area contributed by atoms with Gasteiger partial charge < -0.3 is 9.64 Å². The van der Waals surface area contributed by atoms with Gasteiger partial charge in [0.25, 0.3) is 0 Å². The van der Waals surface area contributed by atoms with Gasteiger partial charge in [-0.2, -0.15) is 0 Å². The number of carbonyl (C=O) groups is 1. The molecule has 1 aromatic carbocycles. The van der Waals surface area contributed by atoms with Crippen LogP contribution in [0.1, 0.15) is 16.7 Å². The van der Waals surface area contributed by atoms with E-state index < -0.39 is 0 Å². The van der Waals surface area contributed by atoms with Crippen molar-refractivity contribution in [3.63, 3.8) is 0 Å². The predicted molar refractivity (Wildman–Crippen MR) is 67.8 cm³/mol. The predicted octanol–water partition coefficient (Wildman–Crippen LogP) is 0.991. The summed E-state index contributed by atoms with van der Waals surface area (Å²) in [5.41, 5.74) is 4.00. The van der Waals surface area contributed by atoms with Crippen LogP contribution in [0.5, 0.6) is 0 Å². The fourth-order valence-corrected chi connectivity index (χ4v) is 2.74. The Bertz CT molecular complexity index is 441. The third-order valence-electron chi connectivity index (χ3n) is 3.75. The first-order valence-electron chi connectivity index (χ1n) is 6.46. The first kappa shape index (κ1) is 11.7. The largest absolute Gasteiger partial charge is 0.379 e. The molecule has 0 aliphatic carbocycles. The molecule has 4 nitrogen and oxygen atoms in total. The summed E-state index contributed by atoms with van der Waals surface area (Å²) in [4.78, 5) is 15.1. The van der Waals surface area contributed by atoms with Crippen LogP contribution in [0.2, 0.25) is 0 Å². The van der Waals surface area contributed by atoms with Crippen molar-refractivity contribution in [3.05, 3.63) is 34.9 Å². The zero-order valence-corrected chi connectivity index (χ0v) is 10.5. The van der Waals surface area contributed by atoms with Crippen LogP contribution in [0.4, 0.5) is 0 Å². The van der Waals surface area contributed by atoms with Gasteiger partial charge in [-0.3, -0.25) is 9.69 Å². The van der Waals surface area contributed by atoms with Crippen molar-refractivity contribution >= 4 is 6.41 Å². The molecule has 0 saturated carbocycles. The number of nitrogens with zero attached hydrogens (tertiary/aromatic N) is 2. The van der Waals surface area contributed by atoms with Crippen molar-refractivity contribution in [3.8, 4) is 0 Å². The van der Waals surface area contributed by atoms with Gasteiger partial charge >= 0.3 is 0 Å². The van der Waals surface area contributed by atoms with Crippen molar-refractivity contribution in [2.24, 2.45) is 0 Å². The Hall–Kier alpha value is -1.39. The highest BCUT2D eigenvalue weighted by atomic mass is 16.5. The topological polar surface area (TPSA) is 32.8 Å². The number of fused-ring (bicyclic) bond motifs is 1. The standard InChI is InChI=1S/C14H18N2O2/c17-11-16-9-13-3-1-2-12(14(13)10-16)8-15-4-6-18-7-5-15/h1-3,11H,4-10H2. The molecule has 2 aliphatic rings. The Morgan fingerprint density at radius 1 is 1.22 bits per heavy atom. The molecule has 1 saturated heterocycles. The lowest BCUT2D eigenvalue weighted by Gasteiger charge is -2.27. The maximum Gasteiger partial charge on any atom is 0.210 e. The van der Waals surface area contributed by atoms with Crippen molar-refractivity contribution in [2.75, 3.05) is 26.3 Å². The summed E-state index contributed by atoms with van der Waals surface area (Å²) in [6, 6.07) is 6.41. The molecule has 18 heavy (non-hydrogen) atoms. The monoisotopic (exact) mass is 246 g/mol. The van der Waals surface area contributed by atoms with Gasteiger partial charge in [-0.1, -0.05) is 18.2 Å². The van der Waals surface area contributed by atoms with Crippen LogP contribution in [0.25, 0.3) is 0 Å². The zero-order valence-electron chi connectivity index (χ0n) is 10.5. The molecule has 2 aliphatic heterocycles. The highest BCUT2D eigenvalue weighted by Gasteiger charge is 2.21. The van der Waals surface area contributed by atoms with Gasteiger partial charge in [0, 0.05) is 32.7 Å². The van der Waals surface area contributed by atoms with Crippen LogP contribution in [0.15, 0.2) is 18.2 Å². The molecule has 0 unspecified atom stereocenters. The van der Waals surface area contributed by atoms with E-state index in [0.717, 1.165) is 52.3 Å². The number of carbonyl (C=O) groups excluding carboxylic acids is 1. The fourth-order valence-electron chi connectivity index (χ4n) is 2.74. The van der Waals surface area contributed by atoms with E-state index in [9.17, 15) is 4.79 Å². The second-order valence-corrected chi connectivity index (χ2v) is 4.95. The summed E-state index contributed by atoms with van der Waals surface area (Å²) >= 11 is 0. The van der Waals surface area contributed by atoms with Gasteiger partial charge in [-0.25, -0.2) is 0 Å². The first-order valence-corrected chi connectivity index (χ1v) is 6.46. The molecule has 1 fully saturated rings. The zero-order chi connectivity index (χ0) is 12.4. The van der Waals surface area contributed by atoms with Crippen LogP contribution in [0.3, 0.4) is 0 Å². The van der Waals surface area contributed by atoms with Crippen molar-refractivity contribution in [1.29, 1.82) is 0 Å². The third-order valence-corrected chi connectivity index (χ3v) is 3.75. The average molecular weight is 246 g/mol. The maximum atomic E-state index is 10.9. The van der Waals surface area contributed by atoms with E-state index in [-0.39, 0.29) is 0 Å². The van der Waals surface area contributed by atoms with Crippen LogP contribution in [-0.2, 0) is 29.2 Å². The molecule has 0 bridgehead atoms. The molecular formula is C14H18N2O2. The normalized spacial score (nSPS) is 19.9. The lowest BCUT2D eigenvalue weighted by Crippen LogP contribution is -2.35. The molecule has 96 valence electrons. The summed E-state index contributed by atoms with van der Waals surface area (Å²) in [6.45, 7) is 6.15. The quantitative estimate of drug-likeness (QED) is 0.746. The molecule has 0 aromatic heterocycles. The number of morpholine rings is 1. The van der Waals surface area contributed by atoms with Gasteiger partial charge in [-0.05, 0) is 16.7 Å². The molecule has 0 spiro atoms. The Labute approximate surface area is 107 Å². The van der Waals surface area contributed by atoms with Crippen LogP contribution in [0, 0.1) is 0 Å². The lowest BCUT2D eigenvalue weighted by atomic mass is 10.0. The van der Waals surface area contributed by atoms with E-state index in [1.165, 1.54) is 16.7 Å². The van der Waals surface area contributed by atoms with E-state index in [2.05, 4.69) is 23.1 Å². The SMILES string of the molecule is O=CN1Cc2cccc(CN3CCOCC3)c2C1. The second-order valence-electron chi connectivity index (χ2n) is 4.95. The number of rotatable bonds is 3. The molecular weight excluding hydrogens is 228 g/mol. The van der Waals surface area contributed by atoms with Gasteiger partial charge in [0.2, 0.25) is 6.41 Å². The van der Waals surface area contributed by atoms with E-state index in [4.69, 9.17) is 4.74 Å². The lowest BCUT2D eigenvalue weighted by molar-refractivity contribution is -0.118. The van der Waals surface area contributed by atoms with E-state index in [0.29, 0.717) is 0 Å². The molecule has 3 rings (SSSR count). The number of amides is 1. The van der Waals surface area contributed by atoms with Gasteiger partial charge in [0.15, 0.2) is 0 Å². The maximum absolute atomic E-state index is 10.9. The first-order chi connectivity index (χ1) is 8.86. The molecule has 1 aromatic rings. The van der Waals surface area contributed by atoms with Crippen LogP contribution in [-0.4, -0.2) is 42.5 Å². The summed E-state index contributed by atoms with van der Waals surface area (Å²) in [7, 11) is 0. The van der Waals surface area contributed by atoms with E-state index in [1.807, 2.05) is 4.90 Å². The minimum atomic E-state index is 0.760. The molecule has 0 atom stereocenters. The smallest absolute Gasteiger partial charge is 0.210 e. The van der Waals surface area contributed by atoms with E-state index >= 15 is 0 Å². The molecule has 4 heteroatoms. The minimum absolute atomic E-state index is 0.760. The highest BCUT2D eigenvalue weighted by molar-refractivity contribution is 5.52. The van der Waals surface area contributed by atoms with Crippen molar-refractivity contribution < 1.29 is 9.53 Å². The van der Waals surface area contributed by atoms with Crippen LogP contribution < -0.4 is 0 Å². The van der Waals surface area contributed by atoms with Gasteiger partial charge in [0.1, 0.15) is 0 Å². The molecule has 0 radical (unpaired) electrons. The highest BCUT2D eigenvalue weighted by Crippen LogP contribution is 2.26. The number of hydrogen-bond donors (Lipinski definition) is 0. The van der Waals surface area contributed by atoms with Gasteiger partial charge in [-0.15, -0.1) is 0 Å². The summed E-state index contributed by atoms with van der Waals surface area (Å²) < 4.78 is 5.37. The van der Waals surface area contributed by atoms with Crippen molar-refractivity contribution in [2.45, 2.75) is 19.6 Å². The van der Waals surface area contributed by atoms with E-state index in [1.54, 1.807) is 0 Å². The Morgan fingerprint density at radius 2 is 2.06 bits per heavy atom. The Kier molecular flexibility index (Phi) is 3.30. The number of benzene rings is 1. The third kappa shape index (κ3) is 2.26. The summed E-state index contributed by atoms with van der Waals surface area (Å²) in [6.07, 6.45) is 0.943. The van der Waals surface area contributed by atoms with Crippen molar-refractivity contribution in [1.82, 2.24) is 9.80 Å². The fraction of sp³-hybridized carbons (Fsp3) is 0.500. The number of ether oxygens (including phenoxy) is 1. The molecule has 0 N–H and O–H groups in total. The van der Waals surface area contributed by atoms with Crippen LogP contribution >= 0.6 is 0 Å². The summed E-state index contributed by atoms with van der Waals surface area (Å²) in [5, 5.41) is 0. The Balaban J connectivity index is 1.77. The Morgan fingerprint density at radius 3 is 2.83 bits per heavy atom. The average Bonchev–Trinajstić information content (AvgIpc) is 2.84. The number of hydrogen-bond acceptors (Lipinski definition) is 3. The summed E-state index contributed by atoms with van der Waals surface area (Å²) in [5.74, 6) is 0. The minimum Gasteiger partial charge on any atom is -0.379 e. The second kappa shape index (κ2) is 5.08. The molecule has 1 amide bonds.